The van der Waals surface area contributed by atoms with E-state index in [0.717, 1.165) is 34.3 Å². The molecule has 0 aliphatic carbocycles. The Morgan fingerprint density at radius 2 is 2.03 bits per heavy atom. The van der Waals surface area contributed by atoms with E-state index in [4.69, 9.17) is 11.6 Å². The second-order valence-corrected chi connectivity index (χ2v) is 8.70. The van der Waals surface area contributed by atoms with Gasteiger partial charge in [0.2, 0.25) is 0 Å². The summed E-state index contributed by atoms with van der Waals surface area (Å²) in [5.74, 6) is -0.262. The Labute approximate surface area is 184 Å². The van der Waals surface area contributed by atoms with E-state index in [1.54, 1.807) is 6.20 Å². The summed E-state index contributed by atoms with van der Waals surface area (Å²) in [6.07, 6.45) is 3.61. The summed E-state index contributed by atoms with van der Waals surface area (Å²) in [6.45, 7) is 4.94. The molecular weight excluding hydrogens is 416 g/mol. The Morgan fingerprint density at radius 3 is 2.87 bits per heavy atom. The molecule has 0 spiro atoms. The number of aromatic nitrogens is 1. The fourth-order valence-corrected chi connectivity index (χ4v) is 4.00. The topological polar surface area (TPSA) is 66.4 Å². The van der Waals surface area contributed by atoms with Crippen LogP contribution in [0.2, 0.25) is 5.02 Å². The number of thioether (sulfide) groups is 1. The van der Waals surface area contributed by atoms with E-state index in [9.17, 15) is 4.79 Å². The Kier molecular flexibility index (Phi) is 6.18. The van der Waals surface area contributed by atoms with Crippen molar-refractivity contribution in [2.24, 2.45) is 4.99 Å². The summed E-state index contributed by atoms with van der Waals surface area (Å²) >= 11 is 7.65. The highest BCUT2D eigenvalue weighted by atomic mass is 35.5. The Morgan fingerprint density at radius 1 is 1.17 bits per heavy atom. The van der Waals surface area contributed by atoms with Crippen LogP contribution in [0.4, 0.5) is 5.69 Å². The fourth-order valence-electron chi connectivity index (χ4n) is 3.01. The maximum Gasteiger partial charge on any atom is 0.286 e. The molecule has 0 atom stereocenters. The molecule has 1 aromatic heterocycles. The lowest BCUT2D eigenvalue weighted by molar-refractivity contribution is -0.113. The summed E-state index contributed by atoms with van der Waals surface area (Å²) < 4.78 is 0. The van der Waals surface area contributed by atoms with Crippen molar-refractivity contribution >= 4 is 57.1 Å². The maximum absolute atomic E-state index is 12.4. The van der Waals surface area contributed by atoms with Gasteiger partial charge in [0.05, 0.1) is 21.1 Å². The number of aliphatic imine (C=N–C) groups is 1. The van der Waals surface area contributed by atoms with Crippen LogP contribution < -0.4 is 10.6 Å². The number of anilines is 1. The summed E-state index contributed by atoms with van der Waals surface area (Å²) in [4.78, 5) is 21.4. The predicted molar refractivity (Wildman–Crippen MR) is 127 cm³/mol. The van der Waals surface area contributed by atoms with Gasteiger partial charge < -0.3 is 10.6 Å². The molecule has 0 saturated carbocycles. The number of carbonyl (C=O) groups is 1. The molecule has 0 fully saturated rings. The summed E-state index contributed by atoms with van der Waals surface area (Å²) in [6, 6.07) is 16.0. The molecule has 1 aliphatic heterocycles. The van der Waals surface area contributed by atoms with Gasteiger partial charge in [0.1, 0.15) is 0 Å². The molecule has 2 heterocycles. The number of nitrogens with one attached hydrogen (secondary N) is 2. The summed E-state index contributed by atoms with van der Waals surface area (Å²) in [7, 11) is 0. The third-order valence-corrected chi connectivity index (χ3v) is 5.76. The number of carbonyl (C=O) groups excluding carboxylic acids is 1. The highest BCUT2D eigenvalue weighted by Gasteiger charge is 2.22. The first kappa shape index (κ1) is 20.6. The number of nitrogens with zero attached hydrogens (tertiary/aromatic N) is 2. The van der Waals surface area contributed by atoms with Crippen molar-refractivity contribution in [2.75, 3.05) is 5.32 Å². The molecule has 7 heteroatoms. The minimum Gasteiger partial charge on any atom is -0.333 e. The molecule has 1 amide bonds. The van der Waals surface area contributed by atoms with E-state index in [2.05, 4.69) is 34.5 Å². The van der Waals surface area contributed by atoms with Gasteiger partial charge in [-0.05, 0) is 59.3 Å². The third-order valence-electron chi connectivity index (χ3n) is 4.53. The molecule has 2 N–H and O–H groups in total. The highest BCUT2D eigenvalue weighted by molar-refractivity contribution is 8.18. The van der Waals surface area contributed by atoms with Gasteiger partial charge in [-0.1, -0.05) is 43.6 Å². The van der Waals surface area contributed by atoms with Crippen molar-refractivity contribution in [3.8, 4) is 0 Å². The summed E-state index contributed by atoms with van der Waals surface area (Å²) in [5, 5.41) is 8.70. The number of halogens is 1. The number of fused-ring (bicyclic) bond motifs is 1. The minimum absolute atomic E-state index is 0.262. The second kappa shape index (κ2) is 9.00. The average Bonchev–Trinajstić information content (AvgIpc) is 3.07. The van der Waals surface area contributed by atoms with Gasteiger partial charge >= 0.3 is 0 Å². The molecule has 0 saturated heterocycles. The van der Waals surface area contributed by atoms with Crippen LogP contribution in [0.3, 0.4) is 0 Å². The fraction of sp³-hybridized carbons (Fsp3) is 0.174. The van der Waals surface area contributed by atoms with E-state index < -0.39 is 0 Å². The quantitative estimate of drug-likeness (QED) is 0.519. The van der Waals surface area contributed by atoms with Gasteiger partial charge in [-0.3, -0.25) is 9.78 Å². The van der Waals surface area contributed by atoms with Crippen LogP contribution >= 0.6 is 23.4 Å². The lowest BCUT2D eigenvalue weighted by atomic mass is 10.1. The molecule has 1 aliphatic rings. The SMILES string of the molecule is CC(C)NCc1ccc(Cl)c(NC2=NC(=O)/C(=C/c3ccc4ncccc4c3)S2)c1. The average molecular weight is 437 g/mol. The largest absolute Gasteiger partial charge is 0.333 e. The number of amidine groups is 1. The van der Waals surface area contributed by atoms with Gasteiger partial charge in [-0.25, -0.2) is 0 Å². The molecule has 0 unspecified atom stereocenters. The number of benzene rings is 2. The molecule has 152 valence electrons. The molecule has 5 nitrogen and oxygen atoms in total. The number of pyridine rings is 1. The van der Waals surface area contributed by atoms with Crippen LogP contribution in [0.1, 0.15) is 25.0 Å². The van der Waals surface area contributed by atoms with E-state index in [-0.39, 0.29) is 5.91 Å². The number of hydrogen-bond acceptors (Lipinski definition) is 5. The smallest absolute Gasteiger partial charge is 0.286 e. The first-order chi connectivity index (χ1) is 14.5. The Balaban J connectivity index is 1.49. The minimum atomic E-state index is -0.262. The van der Waals surface area contributed by atoms with Gasteiger partial charge in [-0.15, -0.1) is 0 Å². The standard InChI is InChI=1S/C23H21ClN4OS/c1-14(2)26-13-16-5-7-18(24)20(11-16)27-23-28-22(29)21(30-23)12-15-6-8-19-17(10-15)4-3-9-25-19/h3-12,14,26H,13H2,1-2H3,(H,27,28,29)/b21-12-. The molecule has 3 aromatic rings. The van der Waals surface area contributed by atoms with Gasteiger partial charge in [-0.2, -0.15) is 4.99 Å². The first-order valence-corrected chi connectivity index (χ1v) is 10.8. The van der Waals surface area contributed by atoms with Crippen LogP contribution in [0.15, 0.2) is 64.6 Å². The van der Waals surface area contributed by atoms with Crippen LogP contribution in [-0.2, 0) is 11.3 Å². The number of rotatable bonds is 5. The van der Waals surface area contributed by atoms with Crippen molar-refractivity contribution in [3.05, 3.63) is 75.8 Å². The van der Waals surface area contributed by atoms with E-state index in [1.807, 2.05) is 54.6 Å². The maximum atomic E-state index is 12.4. The third kappa shape index (κ3) is 4.90. The molecule has 4 rings (SSSR count). The van der Waals surface area contributed by atoms with Crippen LogP contribution in [0.25, 0.3) is 17.0 Å². The van der Waals surface area contributed by atoms with Crippen molar-refractivity contribution in [1.82, 2.24) is 10.3 Å². The van der Waals surface area contributed by atoms with Crippen molar-refractivity contribution in [2.45, 2.75) is 26.4 Å². The highest BCUT2D eigenvalue weighted by Crippen LogP contribution is 2.32. The zero-order valence-electron chi connectivity index (χ0n) is 16.6. The molecule has 2 aromatic carbocycles. The van der Waals surface area contributed by atoms with Crippen LogP contribution in [0.5, 0.6) is 0 Å². The Hall–Kier alpha value is -2.67. The van der Waals surface area contributed by atoms with Crippen molar-refractivity contribution in [1.29, 1.82) is 0 Å². The van der Waals surface area contributed by atoms with Gasteiger partial charge in [0.15, 0.2) is 5.17 Å². The van der Waals surface area contributed by atoms with Gasteiger partial charge in [0, 0.05) is 24.2 Å². The first-order valence-electron chi connectivity index (χ1n) is 9.64. The van der Waals surface area contributed by atoms with Gasteiger partial charge in [0.25, 0.3) is 5.91 Å². The normalized spacial score (nSPS) is 15.3. The van der Waals surface area contributed by atoms with E-state index in [1.165, 1.54) is 11.8 Å². The van der Waals surface area contributed by atoms with Crippen molar-refractivity contribution in [3.63, 3.8) is 0 Å². The van der Waals surface area contributed by atoms with Crippen LogP contribution in [-0.4, -0.2) is 22.1 Å². The van der Waals surface area contributed by atoms with E-state index in [0.29, 0.717) is 21.1 Å². The number of hydrogen-bond donors (Lipinski definition) is 2. The van der Waals surface area contributed by atoms with E-state index >= 15 is 0 Å². The Bertz CT molecular complexity index is 1170. The molecule has 0 radical (unpaired) electrons. The monoisotopic (exact) mass is 436 g/mol. The lowest BCUT2D eigenvalue weighted by Crippen LogP contribution is -2.21. The number of amides is 1. The zero-order chi connectivity index (χ0) is 21.1. The van der Waals surface area contributed by atoms with Crippen LogP contribution in [0, 0.1) is 0 Å². The van der Waals surface area contributed by atoms with Crippen molar-refractivity contribution < 1.29 is 4.79 Å². The predicted octanol–water partition coefficient (Wildman–Crippen LogP) is 5.47. The zero-order valence-corrected chi connectivity index (χ0v) is 18.2. The lowest BCUT2D eigenvalue weighted by Gasteiger charge is -2.12. The molecular formula is C23H21ClN4OS. The summed E-state index contributed by atoms with van der Waals surface area (Å²) in [5.41, 5.74) is 3.69. The molecule has 0 bridgehead atoms. The molecule has 30 heavy (non-hydrogen) atoms. The second-order valence-electron chi connectivity index (χ2n) is 7.26.